The molecular weight excluding hydrogens is 415 g/mol. The van der Waals surface area contributed by atoms with Crippen molar-refractivity contribution in [1.82, 2.24) is 0 Å². The topological polar surface area (TPSA) is 57.2 Å². The first-order valence-corrected chi connectivity index (χ1v) is 13.4. The fourth-order valence-electron chi connectivity index (χ4n) is 4.22. The van der Waals surface area contributed by atoms with Crippen molar-refractivity contribution in [2.24, 2.45) is 0 Å². The van der Waals surface area contributed by atoms with Gasteiger partial charge in [0.25, 0.3) is 0 Å². The van der Waals surface area contributed by atoms with Crippen LogP contribution in [0.5, 0.6) is 0 Å². The molecule has 31 heavy (non-hydrogen) atoms. The van der Waals surface area contributed by atoms with Crippen LogP contribution >= 0.6 is 0 Å². The molecule has 0 radical (unpaired) electrons. The molecule has 2 aromatic carbocycles. The van der Waals surface area contributed by atoms with Gasteiger partial charge in [-0.1, -0.05) is 102 Å². The molecule has 0 atom stereocenters. The van der Waals surface area contributed by atoms with Gasteiger partial charge < -0.3 is 4.55 Å². The van der Waals surface area contributed by atoms with Crippen LogP contribution in [0, 0.1) is 0 Å². The number of fused-ring (bicyclic) bond motifs is 1. The van der Waals surface area contributed by atoms with Crippen LogP contribution in [0.1, 0.15) is 102 Å². The minimum atomic E-state index is -4.47. The summed E-state index contributed by atoms with van der Waals surface area (Å²) < 4.78 is 35.2. The summed E-state index contributed by atoms with van der Waals surface area (Å²) in [6, 6.07) is 9.33. The molecule has 0 N–H and O–H groups in total. The fraction of sp³-hybridized carbons (Fsp3) is 0.615. The minimum Gasteiger partial charge on any atom is -0.744 e. The zero-order valence-corrected chi connectivity index (χ0v) is 22.7. The molecule has 0 heterocycles. The summed E-state index contributed by atoms with van der Waals surface area (Å²) in [7, 11) is -4.47. The molecule has 3 nitrogen and oxygen atoms in total. The quantitative estimate of drug-likeness (QED) is 0.225. The standard InChI is InChI=1S/C26H40O3S.Na/c1-3-5-7-9-11-13-15-22-17-19-24-25(21-22)23(16-14-12-10-8-6-4-2)18-20-26(24)30(27,28)29;/h17-21H,3-16H2,1-2H3,(H,27,28,29);/q;+1/p-1. The van der Waals surface area contributed by atoms with Gasteiger partial charge in [0.05, 0.1) is 4.90 Å². The molecule has 2 rings (SSSR count). The Labute approximate surface area is 212 Å². The molecular formula is C26H39NaO3S. The van der Waals surface area contributed by atoms with Gasteiger partial charge in [-0.2, -0.15) is 0 Å². The molecule has 0 amide bonds. The molecule has 2 aromatic rings. The van der Waals surface area contributed by atoms with Crippen molar-refractivity contribution in [3.63, 3.8) is 0 Å². The van der Waals surface area contributed by atoms with E-state index in [9.17, 15) is 13.0 Å². The van der Waals surface area contributed by atoms with Crippen molar-refractivity contribution in [2.45, 2.75) is 109 Å². The van der Waals surface area contributed by atoms with E-state index in [0.29, 0.717) is 5.39 Å². The van der Waals surface area contributed by atoms with Crippen LogP contribution in [0.4, 0.5) is 0 Å². The Kier molecular flexibility index (Phi) is 14.3. The Balaban J connectivity index is 0.00000480. The number of unbranched alkanes of at least 4 members (excludes halogenated alkanes) is 10. The van der Waals surface area contributed by atoms with Crippen LogP contribution in [-0.2, 0) is 23.0 Å². The molecule has 0 aliphatic carbocycles. The normalized spacial score (nSPS) is 11.6. The van der Waals surface area contributed by atoms with E-state index in [2.05, 4.69) is 19.9 Å². The van der Waals surface area contributed by atoms with Crippen LogP contribution in [0.15, 0.2) is 35.2 Å². The number of benzene rings is 2. The van der Waals surface area contributed by atoms with Crippen LogP contribution in [0.25, 0.3) is 10.8 Å². The third-order valence-corrected chi connectivity index (χ3v) is 6.91. The van der Waals surface area contributed by atoms with Crippen LogP contribution < -0.4 is 29.6 Å². The van der Waals surface area contributed by atoms with E-state index in [4.69, 9.17) is 0 Å². The summed E-state index contributed by atoms with van der Waals surface area (Å²) in [5, 5.41) is 1.53. The summed E-state index contributed by atoms with van der Waals surface area (Å²) in [4.78, 5) is -0.0877. The van der Waals surface area contributed by atoms with Gasteiger partial charge in [-0.05, 0) is 53.6 Å². The van der Waals surface area contributed by atoms with Gasteiger partial charge in [-0.15, -0.1) is 0 Å². The first kappa shape index (κ1) is 28.6. The number of aryl methyl sites for hydroxylation is 2. The monoisotopic (exact) mass is 454 g/mol. The van der Waals surface area contributed by atoms with Gasteiger partial charge in [-0.3, -0.25) is 0 Å². The van der Waals surface area contributed by atoms with Crippen molar-refractivity contribution < 1.29 is 42.5 Å². The average molecular weight is 455 g/mol. The second kappa shape index (κ2) is 15.4. The predicted molar refractivity (Wildman–Crippen MR) is 126 cm³/mol. The zero-order chi connectivity index (χ0) is 21.8. The zero-order valence-electron chi connectivity index (χ0n) is 19.9. The minimum absolute atomic E-state index is 0. The molecule has 0 saturated heterocycles. The summed E-state index contributed by atoms with van der Waals surface area (Å²) >= 11 is 0. The van der Waals surface area contributed by atoms with Crippen molar-refractivity contribution >= 4 is 20.9 Å². The fourth-order valence-corrected chi connectivity index (χ4v) is 4.91. The van der Waals surface area contributed by atoms with Gasteiger partial charge in [-0.25, -0.2) is 8.42 Å². The van der Waals surface area contributed by atoms with Crippen molar-refractivity contribution in [3.8, 4) is 0 Å². The van der Waals surface area contributed by atoms with Crippen molar-refractivity contribution in [3.05, 3.63) is 41.5 Å². The molecule has 0 saturated carbocycles. The van der Waals surface area contributed by atoms with E-state index in [1.54, 1.807) is 0 Å². The third-order valence-electron chi connectivity index (χ3n) is 6.02. The summed E-state index contributed by atoms with van der Waals surface area (Å²) in [5.74, 6) is 0. The summed E-state index contributed by atoms with van der Waals surface area (Å²) in [6.45, 7) is 4.45. The molecule has 5 heteroatoms. The van der Waals surface area contributed by atoms with E-state index in [1.807, 2.05) is 18.2 Å². The predicted octanol–water partition coefficient (Wildman–Crippen LogP) is 4.55. The van der Waals surface area contributed by atoms with Gasteiger partial charge in [0.1, 0.15) is 10.1 Å². The maximum atomic E-state index is 11.7. The maximum Gasteiger partial charge on any atom is 1.00 e. The molecule has 0 bridgehead atoms. The van der Waals surface area contributed by atoms with E-state index in [0.717, 1.165) is 36.6 Å². The number of hydrogen-bond acceptors (Lipinski definition) is 3. The summed E-state index contributed by atoms with van der Waals surface area (Å²) in [5.41, 5.74) is 2.40. The van der Waals surface area contributed by atoms with Crippen LogP contribution in [-0.4, -0.2) is 13.0 Å². The third kappa shape index (κ3) is 9.96. The Morgan fingerprint density at radius 3 is 1.81 bits per heavy atom. The Bertz CT molecular complexity index is 878. The van der Waals surface area contributed by atoms with Crippen LogP contribution in [0.2, 0.25) is 0 Å². The molecule has 0 fully saturated rings. The second-order valence-corrected chi connectivity index (χ2v) is 9.94. The Morgan fingerprint density at radius 2 is 1.23 bits per heavy atom. The Hall–Kier alpha value is -0.390. The Morgan fingerprint density at radius 1 is 0.677 bits per heavy atom. The van der Waals surface area contributed by atoms with Gasteiger partial charge >= 0.3 is 29.6 Å². The van der Waals surface area contributed by atoms with E-state index in [1.165, 1.54) is 75.8 Å². The van der Waals surface area contributed by atoms with Gasteiger partial charge in [0.15, 0.2) is 0 Å². The molecule has 0 unspecified atom stereocenters. The summed E-state index contributed by atoms with van der Waals surface area (Å²) in [6.07, 6.45) is 16.9. The molecule has 0 spiro atoms. The average Bonchev–Trinajstić information content (AvgIpc) is 2.72. The SMILES string of the molecule is CCCCCCCCc1ccc2c(S(=O)(=O)[O-])ccc(CCCCCCCC)c2c1.[Na+]. The number of rotatable bonds is 15. The van der Waals surface area contributed by atoms with Crippen molar-refractivity contribution in [1.29, 1.82) is 0 Å². The molecule has 168 valence electrons. The molecule has 0 aliphatic heterocycles. The van der Waals surface area contributed by atoms with E-state index in [-0.39, 0.29) is 34.5 Å². The maximum absolute atomic E-state index is 11.7. The smallest absolute Gasteiger partial charge is 0.744 e. The first-order chi connectivity index (χ1) is 14.5. The number of hydrogen-bond donors (Lipinski definition) is 0. The van der Waals surface area contributed by atoms with Gasteiger partial charge in [0, 0.05) is 0 Å². The van der Waals surface area contributed by atoms with Crippen LogP contribution in [0.3, 0.4) is 0 Å². The molecule has 0 aromatic heterocycles. The van der Waals surface area contributed by atoms with E-state index >= 15 is 0 Å². The second-order valence-electron chi connectivity index (χ2n) is 8.59. The van der Waals surface area contributed by atoms with Gasteiger partial charge in [0.2, 0.25) is 0 Å². The largest absolute Gasteiger partial charge is 1.00 e. The van der Waals surface area contributed by atoms with Crippen molar-refractivity contribution in [2.75, 3.05) is 0 Å². The first-order valence-electron chi connectivity index (χ1n) is 12.0. The van der Waals surface area contributed by atoms with E-state index < -0.39 is 10.1 Å². The molecule has 0 aliphatic rings.